The van der Waals surface area contributed by atoms with E-state index in [9.17, 15) is 4.21 Å². The molecule has 0 rings (SSSR count). The molecule has 1 unspecified atom stereocenters. The first-order valence-corrected chi connectivity index (χ1v) is 5.00. The molecule has 0 amide bonds. The molecule has 68 valence electrons. The lowest BCUT2D eigenvalue weighted by atomic mass is 10.1. The molecular formula is C7H17NO2S. The Morgan fingerprint density at radius 2 is 2.09 bits per heavy atom. The molecule has 0 saturated heterocycles. The molecule has 0 aliphatic heterocycles. The van der Waals surface area contributed by atoms with Crippen molar-refractivity contribution in [3.8, 4) is 0 Å². The van der Waals surface area contributed by atoms with Crippen LogP contribution in [0, 0.1) is 5.92 Å². The lowest BCUT2D eigenvalue weighted by Gasteiger charge is -2.15. The van der Waals surface area contributed by atoms with Crippen molar-refractivity contribution in [1.29, 1.82) is 0 Å². The normalized spacial score (nSPS) is 14.4. The molecule has 0 radical (unpaired) electrons. The molecule has 11 heavy (non-hydrogen) atoms. The molecule has 0 aromatic rings. The van der Waals surface area contributed by atoms with Gasteiger partial charge in [-0.15, -0.1) is 0 Å². The zero-order valence-corrected chi connectivity index (χ0v) is 8.23. The molecule has 3 nitrogen and oxygen atoms in total. The number of hydrogen-bond acceptors (Lipinski definition) is 1. The third kappa shape index (κ3) is 5.35. The van der Waals surface area contributed by atoms with Gasteiger partial charge in [0.25, 0.3) is 0 Å². The fraction of sp³-hybridized carbons (Fsp3) is 1.00. The first kappa shape index (κ1) is 11.1. The number of hydrogen-bond donors (Lipinski definition) is 1. The third-order valence-corrected chi connectivity index (χ3v) is 2.41. The van der Waals surface area contributed by atoms with Crippen molar-refractivity contribution in [1.82, 2.24) is 4.31 Å². The highest BCUT2D eigenvalue weighted by molar-refractivity contribution is 7.76. The Morgan fingerprint density at radius 1 is 1.55 bits per heavy atom. The van der Waals surface area contributed by atoms with Crippen molar-refractivity contribution in [2.45, 2.75) is 27.2 Å². The van der Waals surface area contributed by atoms with E-state index in [0.717, 1.165) is 6.42 Å². The topological polar surface area (TPSA) is 40.5 Å². The maximum atomic E-state index is 10.6. The van der Waals surface area contributed by atoms with Crippen molar-refractivity contribution in [2.24, 2.45) is 5.92 Å². The third-order valence-electron chi connectivity index (χ3n) is 1.53. The van der Waals surface area contributed by atoms with Crippen LogP contribution in [0.25, 0.3) is 0 Å². The minimum Gasteiger partial charge on any atom is -0.294 e. The molecule has 0 saturated carbocycles. The summed E-state index contributed by atoms with van der Waals surface area (Å²) in [7, 11) is 0. The minimum absolute atomic E-state index is 0.590. The molecule has 1 N–H and O–H groups in total. The summed E-state index contributed by atoms with van der Waals surface area (Å²) in [4.78, 5) is 0. The van der Waals surface area contributed by atoms with Crippen LogP contribution in [-0.4, -0.2) is 26.2 Å². The van der Waals surface area contributed by atoms with Gasteiger partial charge in [-0.05, 0) is 12.3 Å². The molecule has 0 spiro atoms. The van der Waals surface area contributed by atoms with E-state index in [-0.39, 0.29) is 0 Å². The summed E-state index contributed by atoms with van der Waals surface area (Å²) in [5.41, 5.74) is 0. The van der Waals surface area contributed by atoms with Gasteiger partial charge in [-0.3, -0.25) is 4.55 Å². The van der Waals surface area contributed by atoms with Gasteiger partial charge in [-0.25, -0.2) is 8.51 Å². The predicted octanol–water partition coefficient (Wildman–Crippen LogP) is 1.49. The van der Waals surface area contributed by atoms with Crippen LogP contribution in [0.2, 0.25) is 0 Å². The van der Waals surface area contributed by atoms with Gasteiger partial charge in [0, 0.05) is 13.1 Å². The number of rotatable bonds is 5. The van der Waals surface area contributed by atoms with E-state index in [1.165, 1.54) is 0 Å². The van der Waals surface area contributed by atoms with Crippen LogP contribution in [0.1, 0.15) is 27.2 Å². The highest BCUT2D eigenvalue weighted by Crippen LogP contribution is 2.02. The standard InChI is InChI=1S/C7H17NO2S/c1-4-8(11(9)10)6-5-7(2)3/h7H,4-6H2,1-3H3,(H,9,10). The van der Waals surface area contributed by atoms with Crippen molar-refractivity contribution < 1.29 is 8.76 Å². The summed E-state index contributed by atoms with van der Waals surface area (Å²) in [6.45, 7) is 7.43. The van der Waals surface area contributed by atoms with E-state index in [0.29, 0.717) is 19.0 Å². The fourth-order valence-corrected chi connectivity index (χ4v) is 1.23. The summed E-state index contributed by atoms with van der Waals surface area (Å²) in [6, 6.07) is 0. The first-order valence-electron chi connectivity index (χ1n) is 3.93. The summed E-state index contributed by atoms with van der Waals surface area (Å²) >= 11 is -1.79. The van der Waals surface area contributed by atoms with Gasteiger partial charge in [0.05, 0.1) is 0 Å². The summed E-state index contributed by atoms with van der Waals surface area (Å²) < 4.78 is 20.8. The van der Waals surface area contributed by atoms with Crippen molar-refractivity contribution in [3.63, 3.8) is 0 Å². The molecule has 0 aromatic heterocycles. The van der Waals surface area contributed by atoms with Gasteiger partial charge in [0.1, 0.15) is 0 Å². The molecule has 0 heterocycles. The van der Waals surface area contributed by atoms with Crippen LogP contribution >= 0.6 is 0 Å². The van der Waals surface area contributed by atoms with Gasteiger partial charge in [0.15, 0.2) is 0 Å². The Hall–Kier alpha value is 0.0700. The van der Waals surface area contributed by atoms with Crippen LogP contribution in [-0.2, 0) is 11.3 Å². The largest absolute Gasteiger partial charge is 0.294 e. The Kier molecular flexibility index (Phi) is 5.72. The Labute approximate surface area is 71.2 Å². The fourth-order valence-electron chi connectivity index (χ4n) is 0.749. The second-order valence-corrected chi connectivity index (χ2v) is 3.91. The SMILES string of the molecule is CCN(CCC(C)C)S(=O)O. The molecule has 0 aliphatic rings. The monoisotopic (exact) mass is 179 g/mol. The zero-order chi connectivity index (χ0) is 8.85. The van der Waals surface area contributed by atoms with E-state index < -0.39 is 11.3 Å². The molecule has 4 heteroatoms. The molecular weight excluding hydrogens is 162 g/mol. The van der Waals surface area contributed by atoms with Gasteiger partial charge < -0.3 is 0 Å². The Morgan fingerprint density at radius 3 is 2.36 bits per heavy atom. The second-order valence-electron chi connectivity index (χ2n) is 2.93. The summed E-state index contributed by atoms with van der Waals surface area (Å²) in [5.74, 6) is 0.590. The number of nitrogens with zero attached hydrogens (tertiary/aromatic N) is 1. The molecule has 0 aromatic carbocycles. The minimum atomic E-state index is -1.79. The average molecular weight is 179 g/mol. The molecule has 0 aliphatic carbocycles. The lowest BCUT2D eigenvalue weighted by Crippen LogP contribution is -2.27. The van der Waals surface area contributed by atoms with Crippen LogP contribution in [0.3, 0.4) is 0 Å². The van der Waals surface area contributed by atoms with Gasteiger partial charge >= 0.3 is 0 Å². The maximum Gasteiger partial charge on any atom is 0.234 e. The zero-order valence-electron chi connectivity index (χ0n) is 7.41. The summed E-state index contributed by atoms with van der Waals surface area (Å²) in [5, 5.41) is 0. The second kappa shape index (κ2) is 5.69. The van der Waals surface area contributed by atoms with Gasteiger partial charge in [0.2, 0.25) is 11.3 Å². The van der Waals surface area contributed by atoms with Gasteiger partial charge in [-0.1, -0.05) is 20.8 Å². The van der Waals surface area contributed by atoms with E-state index in [2.05, 4.69) is 13.8 Å². The average Bonchev–Trinajstić information content (AvgIpc) is 1.87. The highest BCUT2D eigenvalue weighted by Gasteiger charge is 2.07. The van der Waals surface area contributed by atoms with Crippen molar-refractivity contribution >= 4 is 11.3 Å². The van der Waals surface area contributed by atoms with Crippen LogP contribution in [0.5, 0.6) is 0 Å². The molecule has 1 atom stereocenters. The Balaban J connectivity index is 3.61. The first-order chi connectivity index (χ1) is 5.07. The lowest BCUT2D eigenvalue weighted by molar-refractivity contribution is 0.382. The van der Waals surface area contributed by atoms with Gasteiger partial charge in [-0.2, -0.15) is 0 Å². The summed E-state index contributed by atoms with van der Waals surface area (Å²) in [6.07, 6.45) is 0.972. The van der Waals surface area contributed by atoms with E-state index >= 15 is 0 Å². The van der Waals surface area contributed by atoms with Crippen LogP contribution in [0.4, 0.5) is 0 Å². The van der Waals surface area contributed by atoms with E-state index in [1.807, 2.05) is 6.92 Å². The quantitative estimate of drug-likeness (QED) is 0.650. The van der Waals surface area contributed by atoms with Crippen LogP contribution < -0.4 is 0 Å². The van der Waals surface area contributed by atoms with E-state index in [1.54, 1.807) is 4.31 Å². The van der Waals surface area contributed by atoms with Crippen molar-refractivity contribution in [2.75, 3.05) is 13.1 Å². The Bertz CT molecular complexity index is 128. The van der Waals surface area contributed by atoms with Crippen LogP contribution in [0.15, 0.2) is 0 Å². The predicted molar refractivity (Wildman–Crippen MR) is 47.5 cm³/mol. The highest BCUT2D eigenvalue weighted by atomic mass is 32.2. The maximum absolute atomic E-state index is 10.6. The molecule has 0 bridgehead atoms. The molecule has 0 fully saturated rings. The van der Waals surface area contributed by atoms with Crippen molar-refractivity contribution in [3.05, 3.63) is 0 Å². The van der Waals surface area contributed by atoms with E-state index in [4.69, 9.17) is 4.55 Å². The smallest absolute Gasteiger partial charge is 0.234 e.